The van der Waals surface area contributed by atoms with Gasteiger partial charge in [-0.2, -0.15) is 0 Å². The number of rotatable bonds is 11. The highest BCUT2D eigenvalue weighted by Crippen LogP contribution is 2.45. The van der Waals surface area contributed by atoms with Gasteiger partial charge in [0.25, 0.3) is 5.78 Å². The number of esters is 1. The molecule has 1 atom stereocenters. The van der Waals surface area contributed by atoms with E-state index in [0.29, 0.717) is 46.6 Å². The number of Topliss-reactive ketones (excluding diaryl/α,β-unsaturated/α-hetero) is 1. The maximum Gasteiger partial charge on any atom is 0.350 e. The average molecular weight is 597 g/mol. The molecule has 41 heavy (non-hydrogen) atoms. The Morgan fingerprint density at radius 3 is 2.54 bits per heavy atom. The molecule has 11 heteroatoms. The number of nitrogens with zero attached hydrogens (tertiary/aromatic N) is 2. The summed E-state index contributed by atoms with van der Waals surface area (Å²) in [6.45, 7) is 9.78. The average Bonchev–Trinajstić information content (AvgIpc) is 3.47. The first-order chi connectivity index (χ1) is 19.7. The molecule has 0 spiro atoms. The van der Waals surface area contributed by atoms with E-state index in [2.05, 4.69) is 11.6 Å². The van der Waals surface area contributed by atoms with Crippen molar-refractivity contribution in [2.75, 3.05) is 24.7 Å². The van der Waals surface area contributed by atoms with E-state index in [-0.39, 0.29) is 27.9 Å². The summed E-state index contributed by atoms with van der Waals surface area (Å²) in [5, 5.41) is 11.9. The van der Waals surface area contributed by atoms with Crippen molar-refractivity contribution in [3.63, 3.8) is 0 Å². The van der Waals surface area contributed by atoms with Crippen LogP contribution in [0.2, 0.25) is 5.02 Å². The van der Waals surface area contributed by atoms with Crippen molar-refractivity contribution in [3.8, 4) is 11.5 Å². The Hall–Kier alpha value is -4.15. The Balaban J connectivity index is 1.91. The van der Waals surface area contributed by atoms with Crippen molar-refractivity contribution < 1.29 is 33.7 Å². The molecule has 1 unspecified atom stereocenters. The number of carbonyl (C=O) groups is 3. The molecule has 1 N–H and O–H groups in total. The Labute approximate surface area is 246 Å². The highest BCUT2D eigenvalue weighted by Gasteiger charge is 2.48. The predicted octanol–water partition coefficient (Wildman–Crippen LogP) is 6.26. The molecule has 1 saturated heterocycles. The van der Waals surface area contributed by atoms with Gasteiger partial charge in [0, 0.05) is 10.6 Å². The van der Waals surface area contributed by atoms with E-state index < -0.39 is 23.7 Å². The zero-order chi connectivity index (χ0) is 29.7. The molecular weight excluding hydrogens is 568 g/mol. The first-order valence-corrected chi connectivity index (χ1v) is 14.1. The van der Waals surface area contributed by atoms with E-state index in [4.69, 9.17) is 25.8 Å². The van der Waals surface area contributed by atoms with Crippen LogP contribution in [-0.4, -0.2) is 47.6 Å². The number of hydrogen-bond acceptors (Lipinski definition) is 9. The van der Waals surface area contributed by atoms with Crippen LogP contribution in [0.1, 0.15) is 52.8 Å². The van der Waals surface area contributed by atoms with E-state index in [1.54, 1.807) is 49.4 Å². The van der Waals surface area contributed by atoms with Crippen LogP contribution >= 0.6 is 22.9 Å². The molecule has 0 radical (unpaired) electrons. The van der Waals surface area contributed by atoms with Gasteiger partial charge in [-0.1, -0.05) is 48.6 Å². The van der Waals surface area contributed by atoms with Crippen molar-refractivity contribution in [2.45, 2.75) is 33.2 Å². The first kappa shape index (κ1) is 29.8. The second-order valence-corrected chi connectivity index (χ2v) is 10.4. The first-order valence-electron chi connectivity index (χ1n) is 12.9. The van der Waals surface area contributed by atoms with Crippen LogP contribution in [0.25, 0.3) is 5.76 Å². The normalized spacial score (nSPS) is 16.1. The quantitative estimate of drug-likeness (QED) is 0.0906. The van der Waals surface area contributed by atoms with Gasteiger partial charge in [0.15, 0.2) is 16.6 Å². The van der Waals surface area contributed by atoms with Crippen molar-refractivity contribution in [1.82, 2.24) is 4.98 Å². The molecule has 0 bridgehead atoms. The van der Waals surface area contributed by atoms with Gasteiger partial charge in [-0.3, -0.25) is 14.5 Å². The van der Waals surface area contributed by atoms with E-state index >= 15 is 0 Å². The van der Waals surface area contributed by atoms with E-state index in [1.807, 2.05) is 13.8 Å². The van der Waals surface area contributed by atoms with Gasteiger partial charge >= 0.3 is 11.9 Å². The fourth-order valence-corrected chi connectivity index (χ4v) is 5.39. The third kappa shape index (κ3) is 6.13. The summed E-state index contributed by atoms with van der Waals surface area (Å²) in [5.74, 6) is -1.90. The van der Waals surface area contributed by atoms with Crippen LogP contribution in [0.3, 0.4) is 0 Å². The predicted molar refractivity (Wildman–Crippen MR) is 157 cm³/mol. The highest BCUT2D eigenvalue weighted by atomic mass is 35.5. The Bertz CT molecular complexity index is 1510. The lowest BCUT2D eigenvalue weighted by atomic mass is 9.95. The Morgan fingerprint density at radius 1 is 1.15 bits per heavy atom. The van der Waals surface area contributed by atoms with Gasteiger partial charge < -0.3 is 19.3 Å². The lowest BCUT2D eigenvalue weighted by Gasteiger charge is -2.24. The molecule has 214 valence electrons. The summed E-state index contributed by atoms with van der Waals surface area (Å²) < 4.78 is 16.8. The number of ether oxygens (including phenoxy) is 3. The number of aromatic nitrogens is 1. The van der Waals surface area contributed by atoms with Gasteiger partial charge in [-0.15, -0.1) is 0 Å². The molecule has 1 aliphatic rings. The fourth-order valence-electron chi connectivity index (χ4n) is 4.28. The lowest BCUT2D eigenvalue weighted by molar-refractivity contribution is -0.132. The Morgan fingerprint density at radius 2 is 1.88 bits per heavy atom. The second-order valence-electron chi connectivity index (χ2n) is 8.96. The number of aliphatic hydroxyl groups is 1. The number of aryl methyl sites for hydroxylation is 1. The summed E-state index contributed by atoms with van der Waals surface area (Å²) in [4.78, 5) is 45.5. The van der Waals surface area contributed by atoms with Gasteiger partial charge in [0.05, 0.1) is 30.5 Å². The number of amides is 1. The number of carbonyl (C=O) groups excluding carboxylic acids is 3. The monoisotopic (exact) mass is 596 g/mol. The van der Waals surface area contributed by atoms with Crippen LogP contribution < -0.4 is 14.4 Å². The standard InChI is InChI=1S/C30H29ClN2O7S/c1-5-14-39-21-13-10-19(16-22(21)38-7-3)24-23(25(34)18-8-11-20(31)12-9-18)26(35)28(36)33(24)30-32-17(4)27(41-30)29(37)40-15-6-2/h6,8-13,16,24,34H,2,5,7,14-15H2,1,3-4H3/b25-23+. The van der Waals surface area contributed by atoms with Crippen LogP contribution in [-0.2, 0) is 14.3 Å². The summed E-state index contributed by atoms with van der Waals surface area (Å²) >= 11 is 6.94. The molecular formula is C30H29ClN2O7S. The number of benzene rings is 2. The Kier molecular flexibility index (Phi) is 9.46. The molecule has 1 amide bonds. The minimum Gasteiger partial charge on any atom is -0.507 e. The number of halogens is 1. The van der Waals surface area contributed by atoms with Gasteiger partial charge in [-0.05, 0) is 62.2 Å². The zero-order valence-corrected chi connectivity index (χ0v) is 24.4. The zero-order valence-electron chi connectivity index (χ0n) is 22.8. The molecule has 0 aliphatic carbocycles. The highest BCUT2D eigenvalue weighted by molar-refractivity contribution is 7.17. The minimum atomic E-state index is -1.09. The molecule has 1 aromatic heterocycles. The fraction of sp³-hybridized carbons (Fsp3) is 0.267. The van der Waals surface area contributed by atoms with Crippen molar-refractivity contribution in [2.24, 2.45) is 0 Å². The summed E-state index contributed by atoms with van der Waals surface area (Å²) in [5.41, 5.74) is 0.950. The van der Waals surface area contributed by atoms with E-state index in [1.165, 1.54) is 11.0 Å². The number of ketones is 1. The van der Waals surface area contributed by atoms with Crippen LogP contribution in [0.5, 0.6) is 11.5 Å². The van der Waals surface area contributed by atoms with Gasteiger partial charge in [0.2, 0.25) is 0 Å². The largest absolute Gasteiger partial charge is 0.507 e. The van der Waals surface area contributed by atoms with Crippen molar-refractivity contribution >= 4 is 51.5 Å². The molecule has 4 rings (SSSR count). The van der Waals surface area contributed by atoms with Crippen molar-refractivity contribution in [3.05, 3.63) is 87.4 Å². The third-order valence-electron chi connectivity index (χ3n) is 6.12. The van der Waals surface area contributed by atoms with E-state index in [9.17, 15) is 19.5 Å². The molecule has 0 saturated carbocycles. The van der Waals surface area contributed by atoms with E-state index in [0.717, 1.165) is 17.8 Å². The van der Waals surface area contributed by atoms with Crippen molar-refractivity contribution in [1.29, 1.82) is 0 Å². The molecule has 3 aromatic rings. The summed E-state index contributed by atoms with van der Waals surface area (Å²) in [6.07, 6.45) is 2.23. The topological polar surface area (TPSA) is 115 Å². The number of aliphatic hydroxyl groups excluding tert-OH is 1. The second kappa shape index (κ2) is 13.0. The van der Waals surface area contributed by atoms with Crippen LogP contribution in [0.15, 0.2) is 60.7 Å². The van der Waals surface area contributed by atoms with Gasteiger partial charge in [0.1, 0.15) is 17.2 Å². The number of thiazole rings is 1. The smallest absolute Gasteiger partial charge is 0.350 e. The molecule has 2 heterocycles. The van der Waals surface area contributed by atoms with Gasteiger partial charge in [-0.25, -0.2) is 9.78 Å². The molecule has 1 aliphatic heterocycles. The molecule has 1 fully saturated rings. The van der Waals surface area contributed by atoms with Crippen LogP contribution in [0.4, 0.5) is 5.13 Å². The molecule has 9 nitrogen and oxygen atoms in total. The summed E-state index contributed by atoms with van der Waals surface area (Å²) in [6, 6.07) is 10.2. The molecule has 2 aromatic carbocycles. The lowest BCUT2D eigenvalue weighted by Crippen LogP contribution is -2.29. The van der Waals surface area contributed by atoms with Crippen LogP contribution in [0, 0.1) is 6.92 Å². The number of hydrogen-bond donors (Lipinski definition) is 1. The minimum absolute atomic E-state index is 0.00374. The third-order valence-corrected chi connectivity index (χ3v) is 7.50. The SMILES string of the molecule is C=CCOC(=O)c1sc(N2C(=O)C(=O)/C(=C(/O)c3ccc(Cl)cc3)C2c2ccc(OCCC)c(OCC)c2)nc1C. The summed E-state index contributed by atoms with van der Waals surface area (Å²) in [7, 11) is 0. The maximum absolute atomic E-state index is 13.6. The maximum atomic E-state index is 13.6. The number of anilines is 1.